The molecule has 1 aromatic carbocycles. The Morgan fingerprint density at radius 2 is 2.21 bits per heavy atom. The average molecular weight is 206 g/mol. The number of rotatable bonds is 2. The topological polar surface area (TPSA) is 54.4 Å². The van der Waals surface area contributed by atoms with Crippen molar-refractivity contribution in [1.82, 2.24) is 0 Å². The number of thiophene rings is 1. The third-order valence-electron chi connectivity index (χ3n) is 1.93. The molecule has 70 valence electrons. The van der Waals surface area contributed by atoms with E-state index in [0.29, 0.717) is 10.3 Å². The van der Waals surface area contributed by atoms with E-state index in [1.165, 1.54) is 17.4 Å². The van der Waals surface area contributed by atoms with Gasteiger partial charge in [-0.3, -0.25) is 4.79 Å². The van der Waals surface area contributed by atoms with Crippen LogP contribution < -0.4 is 0 Å². The van der Waals surface area contributed by atoms with Crippen molar-refractivity contribution in [2.24, 2.45) is 0 Å². The maximum Gasteiger partial charge on any atom is 0.336 e. The summed E-state index contributed by atoms with van der Waals surface area (Å²) in [6, 6.07) is 6.62. The molecule has 3 nitrogen and oxygen atoms in total. The highest BCUT2D eigenvalue weighted by molar-refractivity contribution is 7.20. The minimum atomic E-state index is -0.967. The summed E-state index contributed by atoms with van der Waals surface area (Å²) in [4.78, 5) is 21.9. The van der Waals surface area contributed by atoms with Gasteiger partial charge in [0.15, 0.2) is 6.29 Å². The van der Waals surface area contributed by atoms with E-state index >= 15 is 0 Å². The Morgan fingerprint density at radius 1 is 1.43 bits per heavy atom. The van der Waals surface area contributed by atoms with Gasteiger partial charge >= 0.3 is 5.97 Å². The van der Waals surface area contributed by atoms with Gasteiger partial charge in [-0.1, -0.05) is 6.07 Å². The number of carboxylic acid groups (broad SMARTS) is 1. The number of aldehydes is 1. The maximum atomic E-state index is 10.8. The second kappa shape index (κ2) is 3.23. The molecule has 0 atom stereocenters. The van der Waals surface area contributed by atoms with Gasteiger partial charge in [0.25, 0.3) is 0 Å². The van der Waals surface area contributed by atoms with Crippen LogP contribution in [0.4, 0.5) is 0 Å². The number of aromatic carboxylic acids is 1. The first-order chi connectivity index (χ1) is 6.72. The fraction of sp³-hybridized carbons (Fsp3) is 0. The second-order valence-corrected chi connectivity index (χ2v) is 3.90. The van der Waals surface area contributed by atoms with Crippen molar-refractivity contribution in [3.63, 3.8) is 0 Å². The van der Waals surface area contributed by atoms with E-state index in [4.69, 9.17) is 5.11 Å². The van der Waals surface area contributed by atoms with Gasteiger partial charge < -0.3 is 5.11 Å². The summed E-state index contributed by atoms with van der Waals surface area (Å²) in [7, 11) is 0. The van der Waals surface area contributed by atoms with Gasteiger partial charge in [-0.2, -0.15) is 0 Å². The van der Waals surface area contributed by atoms with Gasteiger partial charge in [0.05, 0.1) is 10.4 Å². The Labute approximate surface area is 83.6 Å². The van der Waals surface area contributed by atoms with Crippen LogP contribution in [0, 0.1) is 0 Å². The number of carbonyl (C=O) groups is 2. The van der Waals surface area contributed by atoms with Gasteiger partial charge in [0.1, 0.15) is 0 Å². The van der Waals surface area contributed by atoms with Crippen LogP contribution in [0.15, 0.2) is 24.3 Å². The van der Waals surface area contributed by atoms with Crippen LogP contribution in [0.5, 0.6) is 0 Å². The molecule has 1 N–H and O–H groups in total. The molecule has 2 aromatic rings. The van der Waals surface area contributed by atoms with Crippen LogP contribution in [-0.4, -0.2) is 17.4 Å². The highest BCUT2D eigenvalue weighted by Gasteiger charge is 2.10. The lowest BCUT2D eigenvalue weighted by atomic mass is 10.1. The van der Waals surface area contributed by atoms with Crippen molar-refractivity contribution in [3.8, 4) is 0 Å². The van der Waals surface area contributed by atoms with E-state index < -0.39 is 5.97 Å². The molecule has 14 heavy (non-hydrogen) atoms. The average Bonchev–Trinajstić information content (AvgIpc) is 2.59. The van der Waals surface area contributed by atoms with Crippen LogP contribution in [0.2, 0.25) is 0 Å². The summed E-state index contributed by atoms with van der Waals surface area (Å²) in [5.41, 5.74) is 0.242. The predicted octanol–water partition coefficient (Wildman–Crippen LogP) is 2.41. The normalized spacial score (nSPS) is 10.3. The fourth-order valence-corrected chi connectivity index (χ4v) is 2.23. The summed E-state index contributed by atoms with van der Waals surface area (Å²) < 4.78 is 0.826. The number of hydrogen-bond donors (Lipinski definition) is 1. The number of hydrogen-bond acceptors (Lipinski definition) is 3. The fourth-order valence-electron chi connectivity index (χ4n) is 1.33. The number of fused-ring (bicyclic) bond motifs is 1. The first-order valence-corrected chi connectivity index (χ1v) is 4.75. The number of carbonyl (C=O) groups excluding carboxylic acids is 1. The molecule has 1 heterocycles. The van der Waals surface area contributed by atoms with E-state index in [-0.39, 0.29) is 5.56 Å². The van der Waals surface area contributed by atoms with Crippen LogP contribution in [-0.2, 0) is 0 Å². The van der Waals surface area contributed by atoms with Crippen molar-refractivity contribution in [1.29, 1.82) is 0 Å². The quantitative estimate of drug-likeness (QED) is 0.767. The Kier molecular flexibility index (Phi) is 2.05. The van der Waals surface area contributed by atoms with Gasteiger partial charge in [-0.05, 0) is 18.2 Å². The molecule has 0 amide bonds. The minimum Gasteiger partial charge on any atom is -0.478 e. The lowest BCUT2D eigenvalue weighted by Crippen LogP contribution is -1.95. The van der Waals surface area contributed by atoms with Crippen LogP contribution in [0.1, 0.15) is 20.0 Å². The lowest BCUT2D eigenvalue weighted by molar-refractivity contribution is 0.0699. The Balaban J connectivity index is 2.79. The van der Waals surface area contributed by atoms with Crippen molar-refractivity contribution >= 4 is 33.7 Å². The SMILES string of the molecule is O=Cc1cc2c(C(=O)O)cccc2s1. The first kappa shape index (κ1) is 8.90. The molecule has 4 heteroatoms. The number of benzene rings is 1. The molecular weight excluding hydrogens is 200 g/mol. The predicted molar refractivity (Wildman–Crippen MR) is 54.2 cm³/mol. The molecule has 0 fully saturated rings. The maximum absolute atomic E-state index is 10.8. The molecule has 0 saturated carbocycles. The summed E-state index contributed by atoms with van der Waals surface area (Å²) in [5, 5.41) is 9.51. The van der Waals surface area contributed by atoms with Gasteiger partial charge in [-0.25, -0.2) is 4.79 Å². The highest BCUT2D eigenvalue weighted by atomic mass is 32.1. The molecule has 2 rings (SSSR count). The van der Waals surface area contributed by atoms with E-state index in [0.717, 1.165) is 11.0 Å². The van der Waals surface area contributed by atoms with Crippen molar-refractivity contribution in [3.05, 3.63) is 34.7 Å². The number of carboxylic acids is 1. The van der Waals surface area contributed by atoms with Gasteiger partial charge in [-0.15, -0.1) is 11.3 Å². The van der Waals surface area contributed by atoms with E-state index in [2.05, 4.69) is 0 Å². The third-order valence-corrected chi connectivity index (χ3v) is 2.95. The lowest BCUT2D eigenvalue weighted by Gasteiger charge is -1.94. The molecule has 0 aliphatic heterocycles. The molecule has 0 unspecified atom stereocenters. The van der Waals surface area contributed by atoms with E-state index in [1.54, 1.807) is 18.2 Å². The Bertz CT molecular complexity index is 513. The molecule has 0 radical (unpaired) electrons. The third kappa shape index (κ3) is 1.29. The second-order valence-electron chi connectivity index (χ2n) is 2.79. The standard InChI is InChI=1S/C10H6O3S/c11-5-6-4-8-7(10(12)13)2-1-3-9(8)14-6/h1-5H,(H,12,13). The summed E-state index contributed by atoms with van der Waals surface area (Å²) in [5.74, 6) is -0.967. The zero-order valence-corrected chi connectivity index (χ0v) is 7.88. The molecule has 0 aliphatic rings. The molecular formula is C10H6O3S. The molecule has 1 aromatic heterocycles. The highest BCUT2D eigenvalue weighted by Crippen LogP contribution is 2.27. The van der Waals surface area contributed by atoms with Crippen LogP contribution in [0.3, 0.4) is 0 Å². The van der Waals surface area contributed by atoms with Crippen molar-refractivity contribution in [2.45, 2.75) is 0 Å². The molecule has 0 saturated heterocycles. The smallest absolute Gasteiger partial charge is 0.336 e. The monoisotopic (exact) mass is 206 g/mol. The summed E-state index contributed by atoms with van der Waals surface area (Å²) in [6.45, 7) is 0. The first-order valence-electron chi connectivity index (χ1n) is 3.93. The summed E-state index contributed by atoms with van der Waals surface area (Å²) in [6.07, 6.45) is 0.732. The van der Waals surface area contributed by atoms with Crippen molar-refractivity contribution < 1.29 is 14.7 Å². The van der Waals surface area contributed by atoms with Crippen LogP contribution >= 0.6 is 11.3 Å². The Hall–Kier alpha value is -1.68. The Morgan fingerprint density at radius 3 is 2.86 bits per heavy atom. The minimum absolute atomic E-state index is 0.242. The van der Waals surface area contributed by atoms with Gasteiger partial charge in [0.2, 0.25) is 0 Å². The summed E-state index contributed by atoms with van der Waals surface area (Å²) >= 11 is 1.30. The molecule has 0 spiro atoms. The molecule has 0 aliphatic carbocycles. The zero-order chi connectivity index (χ0) is 10.1. The zero-order valence-electron chi connectivity index (χ0n) is 7.06. The van der Waals surface area contributed by atoms with E-state index in [9.17, 15) is 9.59 Å². The van der Waals surface area contributed by atoms with Crippen molar-refractivity contribution in [2.75, 3.05) is 0 Å². The molecule has 0 bridgehead atoms. The van der Waals surface area contributed by atoms with Crippen LogP contribution in [0.25, 0.3) is 10.1 Å². The van der Waals surface area contributed by atoms with Gasteiger partial charge in [0, 0.05) is 10.1 Å². The van der Waals surface area contributed by atoms with E-state index in [1.807, 2.05) is 0 Å². The largest absolute Gasteiger partial charge is 0.478 e.